The third kappa shape index (κ3) is 36.4. The molecule has 0 bridgehead atoms. The van der Waals surface area contributed by atoms with Crippen molar-refractivity contribution in [2.45, 2.75) is 0 Å². The van der Waals surface area contributed by atoms with E-state index in [0.717, 1.165) is 0 Å². The van der Waals surface area contributed by atoms with Crippen LogP contribution in [0.15, 0.2) is 0 Å². The SMILES string of the molecule is [Cl][Er].[Cl][Ho]([Cl])[Cl].[Y]. The molecule has 0 aromatic heterocycles. The summed E-state index contributed by atoms with van der Waals surface area (Å²) < 4.78 is 0. The largest absolute Gasteiger partial charge is 0 e. The molecule has 0 fully saturated rings. The van der Waals surface area contributed by atoms with Gasteiger partial charge in [0.25, 0.3) is 0 Å². The van der Waals surface area contributed by atoms with E-state index in [9.17, 15) is 0 Å². The van der Waals surface area contributed by atoms with E-state index in [2.05, 4.69) is 6.47 Å². The first-order valence-electron chi connectivity index (χ1n) is 0.451. The molecule has 0 aliphatic carbocycles. The first-order chi connectivity index (χ1) is 2.73. The zero-order valence-electron chi connectivity index (χ0n) is 2.68. The fourth-order valence-corrected chi connectivity index (χ4v) is 0. The predicted molar refractivity (Wildman–Crippen MR) is 23.4 cm³/mol. The van der Waals surface area contributed by atoms with E-state index in [4.69, 9.17) is 19.2 Å². The van der Waals surface area contributed by atoms with Crippen molar-refractivity contribution in [2.24, 2.45) is 0 Å². The van der Waals surface area contributed by atoms with Gasteiger partial charge in [-0.3, -0.25) is 0 Å². The molecule has 0 unspecified atom stereocenters. The van der Waals surface area contributed by atoms with Gasteiger partial charge < -0.3 is 0 Å². The molecule has 0 aromatic rings. The van der Waals surface area contributed by atoms with Crippen molar-refractivity contribution >= 4 is 25.6 Å². The van der Waals surface area contributed by atoms with Crippen molar-refractivity contribution < 1.29 is 94.0 Å². The molecule has 0 amide bonds. The van der Waals surface area contributed by atoms with Crippen molar-refractivity contribution in [1.29, 1.82) is 0 Å². The van der Waals surface area contributed by atoms with Crippen LogP contribution in [-0.2, 0) is 32.7 Å². The van der Waals surface area contributed by atoms with Gasteiger partial charge in [0.2, 0.25) is 0 Å². The molecule has 1 radical (unpaired) electrons. The summed E-state index contributed by atoms with van der Waals surface area (Å²) in [6.07, 6.45) is 14.9. The second kappa shape index (κ2) is 17.0. The van der Waals surface area contributed by atoms with Crippen LogP contribution in [0.4, 0.5) is 0 Å². The molecule has 0 spiro atoms. The smallest absolute Gasteiger partial charge is 0 e. The molecule has 0 aliphatic rings. The monoisotopic (exact) mass is 560 g/mol. The van der Waals surface area contributed by atoms with Crippen molar-refractivity contribution in [1.82, 2.24) is 0 Å². The number of halogens is 4. The Morgan fingerprint density at radius 1 is 1.00 bits per heavy atom. The van der Waals surface area contributed by atoms with Gasteiger partial charge in [0, 0.05) is 32.7 Å². The summed E-state index contributed by atoms with van der Waals surface area (Å²) in [6.45, 7) is 4.56. The van der Waals surface area contributed by atoms with Gasteiger partial charge in [-0.15, -0.1) is 0 Å². The van der Waals surface area contributed by atoms with Gasteiger partial charge in [0.15, 0.2) is 0 Å². The molecule has 0 N–H and O–H groups in total. The maximum absolute atomic E-state index is 4.95. The topological polar surface area (TPSA) is 0 Å². The first kappa shape index (κ1) is 17.8. The summed E-state index contributed by atoms with van der Waals surface area (Å²) in [4.78, 5) is 0. The van der Waals surface area contributed by atoms with Crippen LogP contribution in [0, 0.1) is 61.3 Å². The van der Waals surface area contributed by atoms with Gasteiger partial charge in [-0.2, -0.15) is 0 Å². The molecule has 7 heavy (non-hydrogen) atoms. The van der Waals surface area contributed by atoms with Crippen LogP contribution in [0.3, 0.4) is 0 Å². The fourth-order valence-electron chi connectivity index (χ4n) is 0. The zero-order valence-corrected chi connectivity index (χ0v) is 12.3. The molecule has 54 valence electrons. The molecule has 0 nitrogen and oxygen atoms in total. The number of rotatable bonds is 0. The van der Waals surface area contributed by atoms with E-state index in [-0.39, 0.29) is 32.7 Å². The van der Waals surface area contributed by atoms with E-state index in [1.807, 2.05) is 33.9 Å². The molecule has 0 atom stereocenters. The molecule has 7 heteroatoms. The maximum atomic E-state index is 4.95. The van der Waals surface area contributed by atoms with Crippen LogP contribution < -0.4 is 0 Å². The van der Waals surface area contributed by atoms with Gasteiger partial charge in [-0.05, 0) is 0 Å². The Hall–Kier alpha value is 4.77. The summed E-state index contributed by atoms with van der Waals surface area (Å²) in [5, 5.41) is 0. The van der Waals surface area contributed by atoms with Gasteiger partial charge in [0.05, 0.1) is 0 Å². The Balaban J connectivity index is -0.0000000480. The Labute approximate surface area is 115 Å². The standard InChI is InChI=1S/4ClH.Er.Ho.Y/h4*1H;;;/q;;;;+1;+3;/p-4. The van der Waals surface area contributed by atoms with Crippen molar-refractivity contribution in [3.05, 3.63) is 0 Å². The summed E-state index contributed by atoms with van der Waals surface area (Å²) in [7, 11) is 0. The molecule has 0 rings (SSSR count). The minimum Gasteiger partial charge on any atom is 0 e. The van der Waals surface area contributed by atoms with Crippen molar-refractivity contribution in [3.8, 4) is 0 Å². The average molecular weight is 563 g/mol. The first-order valence-corrected chi connectivity index (χ1v) is 10.0. The Morgan fingerprint density at radius 3 is 1.00 bits per heavy atom. The average Bonchev–Trinajstić information content (AvgIpc) is 1.41. The van der Waals surface area contributed by atoms with Gasteiger partial charge in [-0.25, -0.2) is 0 Å². The normalized spacial score (nSPS) is 7.43. The third-order valence-corrected chi connectivity index (χ3v) is 0. The fraction of sp³-hybridized carbons (Fsp3) is 0. The van der Waals surface area contributed by atoms with Crippen molar-refractivity contribution in [3.63, 3.8) is 0 Å². The van der Waals surface area contributed by atoms with Crippen LogP contribution in [0.25, 0.3) is 0 Å². The summed E-state index contributed by atoms with van der Waals surface area (Å²) in [5.74, 6) is 0. The summed E-state index contributed by atoms with van der Waals surface area (Å²) in [6, 6.07) is 0. The van der Waals surface area contributed by atoms with E-state index >= 15 is 0 Å². The van der Waals surface area contributed by atoms with Crippen LogP contribution in [0.1, 0.15) is 0 Å². The third-order valence-electron chi connectivity index (χ3n) is 0. The van der Waals surface area contributed by atoms with Crippen LogP contribution in [-0.4, -0.2) is 0 Å². The van der Waals surface area contributed by atoms with Crippen LogP contribution >= 0.6 is 25.6 Å². The van der Waals surface area contributed by atoms with E-state index in [1.54, 1.807) is 0 Å². The molecular formula is Cl4ErHoY. The molecular weight excluding hydrogens is 563 g/mol. The quantitative estimate of drug-likeness (QED) is 0.399. The second-order valence-corrected chi connectivity index (χ2v) is 8.62. The Morgan fingerprint density at radius 2 is 1.00 bits per heavy atom. The minimum atomic E-state index is -1.79. The molecule has 0 heterocycles. The Kier molecular flexibility index (Phi) is 43.2. The van der Waals surface area contributed by atoms with Crippen LogP contribution in [0.2, 0.25) is 0 Å². The number of hydrogen-bond acceptors (Lipinski definition) is 0. The molecule has 0 saturated heterocycles. The molecule has 0 aromatic carbocycles. The van der Waals surface area contributed by atoms with E-state index in [1.165, 1.54) is 0 Å². The predicted octanol–water partition coefficient (Wildman–Crippen LogP) is 2.76. The maximum Gasteiger partial charge on any atom is 0 e. The molecule has 0 saturated carbocycles. The second-order valence-electron chi connectivity index (χ2n) is 0.129. The summed E-state index contributed by atoms with van der Waals surface area (Å²) in [5.41, 5.74) is 0. The summed E-state index contributed by atoms with van der Waals surface area (Å²) >= 11 is 0.102. The minimum absolute atomic E-state index is 0. The van der Waals surface area contributed by atoms with Gasteiger partial charge >= 0.3 is 86.9 Å². The molecule has 0 aliphatic heterocycles. The number of hydrogen-bond donors (Lipinski definition) is 0. The Bertz CT molecular complexity index is 16.4. The van der Waals surface area contributed by atoms with Gasteiger partial charge in [-0.1, -0.05) is 0 Å². The van der Waals surface area contributed by atoms with Crippen molar-refractivity contribution in [2.75, 3.05) is 0 Å². The van der Waals surface area contributed by atoms with E-state index in [0.29, 0.717) is 0 Å². The van der Waals surface area contributed by atoms with Gasteiger partial charge in [0.1, 0.15) is 0 Å². The van der Waals surface area contributed by atoms with Crippen LogP contribution in [0.5, 0.6) is 0 Å². The van der Waals surface area contributed by atoms with E-state index < -0.39 is 27.4 Å². The zero-order chi connectivity index (χ0) is 5.58.